The summed E-state index contributed by atoms with van der Waals surface area (Å²) in [5.74, 6) is -0.468. The summed E-state index contributed by atoms with van der Waals surface area (Å²) in [4.78, 5) is 13.6. The number of carbonyl (C=O) groups is 1. The molecule has 0 radical (unpaired) electrons. The molecule has 188 valence electrons. The van der Waals surface area contributed by atoms with E-state index in [0.717, 1.165) is 12.8 Å². The highest BCUT2D eigenvalue weighted by Gasteiger charge is 2.45. The molecule has 0 aliphatic heterocycles. The van der Waals surface area contributed by atoms with Crippen LogP contribution in [0.2, 0.25) is 28.2 Å². The van der Waals surface area contributed by atoms with Crippen LogP contribution in [0.5, 0.6) is 0 Å². The average Bonchev–Trinajstić information content (AvgIpc) is 2.73. The minimum absolute atomic E-state index is 0.169. The van der Waals surface area contributed by atoms with Gasteiger partial charge in [0, 0.05) is 23.3 Å². The summed E-state index contributed by atoms with van der Waals surface area (Å²) in [7, 11) is -1.79. The van der Waals surface area contributed by atoms with E-state index in [2.05, 4.69) is 33.9 Å². The molecule has 0 N–H and O–H groups in total. The van der Waals surface area contributed by atoms with Crippen molar-refractivity contribution in [3.63, 3.8) is 0 Å². The zero-order valence-electron chi connectivity index (χ0n) is 21.4. The maximum absolute atomic E-state index is 13.6. The number of ether oxygens (including phenoxy) is 2. The third-order valence-corrected chi connectivity index (χ3v) is 11.3. The number of halogens is 2. The summed E-state index contributed by atoms with van der Waals surface area (Å²) in [5, 5.41) is 1.32. The summed E-state index contributed by atoms with van der Waals surface area (Å²) in [6.07, 6.45) is 1.28. The second-order valence-corrected chi connectivity index (χ2v) is 16.0. The van der Waals surface area contributed by atoms with Crippen LogP contribution in [0.3, 0.4) is 0 Å². The molecule has 0 bridgehead atoms. The molecule has 0 fully saturated rings. The van der Waals surface area contributed by atoms with Gasteiger partial charge in [-0.05, 0) is 80.2 Å². The fourth-order valence-electron chi connectivity index (χ4n) is 3.27. The van der Waals surface area contributed by atoms with Crippen molar-refractivity contribution in [1.29, 1.82) is 0 Å². The molecule has 0 amide bonds. The highest BCUT2D eigenvalue weighted by atomic mass is 35.5. The van der Waals surface area contributed by atoms with Gasteiger partial charge in [0.2, 0.25) is 5.60 Å². The molecule has 2 aromatic carbocycles. The van der Waals surface area contributed by atoms with Crippen molar-refractivity contribution in [2.24, 2.45) is 0 Å². The van der Waals surface area contributed by atoms with Crippen LogP contribution >= 0.6 is 23.2 Å². The van der Waals surface area contributed by atoms with Crippen LogP contribution in [0.4, 0.5) is 0 Å². The molecular formula is C27H38Cl2O4Si. The van der Waals surface area contributed by atoms with Gasteiger partial charge in [0.1, 0.15) is 0 Å². The maximum Gasteiger partial charge on any atom is 0.348 e. The Morgan fingerprint density at radius 3 is 1.71 bits per heavy atom. The van der Waals surface area contributed by atoms with E-state index in [9.17, 15) is 4.79 Å². The van der Waals surface area contributed by atoms with Crippen molar-refractivity contribution in [3.05, 3.63) is 69.7 Å². The number of rotatable bonds is 11. The molecule has 0 atom stereocenters. The molecule has 0 aliphatic carbocycles. The van der Waals surface area contributed by atoms with Gasteiger partial charge in [0.25, 0.3) is 0 Å². The van der Waals surface area contributed by atoms with Crippen LogP contribution in [0, 0.1) is 0 Å². The minimum atomic E-state index is -1.79. The molecule has 7 heteroatoms. The van der Waals surface area contributed by atoms with Crippen molar-refractivity contribution < 1.29 is 18.7 Å². The molecule has 0 unspecified atom stereocenters. The minimum Gasteiger partial charge on any atom is -0.460 e. The van der Waals surface area contributed by atoms with E-state index >= 15 is 0 Å². The van der Waals surface area contributed by atoms with Crippen molar-refractivity contribution in [2.45, 2.75) is 77.3 Å². The standard InChI is InChI=1S/C27H38Cl2O4Si/c1-20(2)33-25(30)27(21-10-14-23(28)15-11-21,22-12-16-24(29)17-13-22)31-18-8-9-19-32-34(6,7)26(3,4)5/h10-17,20H,8-9,18-19H2,1-7H3. The molecule has 0 heterocycles. The number of benzene rings is 2. The van der Waals surface area contributed by atoms with E-state index in [1.807, 2.05) is 13.8 Å². The maximum atomic E-state index is 13.6. The lowest BCUT2D eigenvalue weighted by molar-refractivity contribution is -0.173. The lowest BCUT2D eigenvalue weighted by Gasteiger charge is -2.36. The molecule has 2 rings (SSSR count). The number of hydrogen-bond acceptors (Lipinski definition) is 4. The predicted octanol–water partition coefficient (Wildman–Crippen LogP) is 8.01. The average molecular weight is 526 g/mol. The van der Waals surface area contributed by atoms with Crippen molar-refractivity contribution in [1.82, 2.24) is 0 Å². The summed E-state index contributed by atoms with van der Waals surface area (Å²) < 4.78 is 18.4. The van der Waals surface area contributed by atoms with Crippen LogP contribution < -0.4 is 0 Å². The Balaban J connectivity index is 2.28. The Labute approximate surface area is 216 Å². The number of unbranched alkanes of at least 4 members (excludes halogenated alkanes) is 1. The first-order chi connectivity index (χ1) is 15.8. The van der Waals surface area contributed by atoms with Gasteiger partial charge in [-0.2, -0.15) is 0 Å². The summed E-state index contributed by atoms with van der Waals surface area (Å²) >= 11 is 12.3. The SMILES string of the molecule is CC(C)OC(=O)C(OCCCCO[Si](C)(C)C(C)(C)C)(c1ccc(Cl)cc1)c1ccc(Cl)cc1. The lowest BCUT2D eigenvalue weighted by atomic mass is 9.85. The van der Waals surface area contributed by atoms with E-state index in [4.69, 9.17) is 37.1 Å². The van der Waals surface area contributed by atoms with E-state index in [-0.39, 0.29) is 11.1 Å². The molecule has 2 aromatic rings. The fourth-order valence-corrected chi connectivity index (χ4v) is 4.61. The molecule has 0 aromatic heterocycles. The quantitative estimate of drug-likeness (QED) is 0.169. The highest BCUT2D eigenvalue weighted by molar-refractivity contribution is 6.74. The van der Waals surface area contributed by atoms with E-state index in [1.54, 1.807) is 48.5 Å². The Morgan fingerprint density at radius 1 is 0.853 bits per heavy atom. The third kappa shape index (κ3) is 7.31. The Bertz CT molecular complexity index is 874. The van der Waals surface area contributed by atoms with Crippen LogP contribution in [-0.2, 0) is 24.3 Å². The van der Waals surface area contributed by atoms with Crippen molar-refractivity contribution in [2.75, 3.05) is 13.2 Å². The monoisotopic (exact) mass is 524 g/mol. The number of esters is 1. The van der Waals surface area contributed by atoms with Gasteiger partial charge in [0.05, 0.1) is 6.10 Å². The summed E-state index contributed by atoms with van der Waals surface area (Å²) in [5.41, 5.74) is -0.121. The van der Waals surface area contributed by atoms with Gasteiger partial charge >= 0.3 is 5.97 Å². The normalized spacial score (nSPS) is 12.8. The molecule has 4 nitrogen and oxygen atoms in total. The topological polar surface area (TPSA) is 44.8 Å². The van der Waals surface area contributed by atoms with Crippen molar-refractivity contribution in [3.8, 4) is 0 Å². The largest absolute Gasteiger partial charge is 0.460 e. The Morgan fingerprint density at radius 2 is 1.29 bits per heavy atom. The van der Waals surface area contributed by atoms with Crippen LogP contribution in [0.1, 0.15) is 58.6 Å². The first kappa shape index (κ1) is 28.9. The smallest absolute Gasteiger partial charge is 0.348 e. The molecule has 34 heavy (non-hydrogen) atoms. The number of hydrogen-bond donors (Lipinski definition) is 0. The van der Waals surface area contributed by atoms with Crippen LogP contribution in [0.15, 0.2) is 48.5 Å². The van der Waals surface area contributed by atoms with Crippen LogP contribution in [0.25, 0.3) is 0 Å². The zero-order valence-corrected chi connectivity index (χ0v) is 23.9. The molecule has 0 saturated carbocycles. The summed E-state index contributed by atoms with van der Waals surface area (Å²) in [6.45, 7) is 15.9. The van der Waals surface area contributed by atoms with Crippen molar-refractivity contribution >= 4 is 37.5 Å². The first-order valence-electron chi connectivity index (χ1n) is 11.8. The lowest BCUT2D eigenvalue weighted by Crippen LogP contribution is -2.43. The fraction of sp³-hybridized carbons (Fsp3) is 0.519. The Hall–Kier alpha value is -1.37. The van der Waals surface area contributed by atoms with E-state index in [0.29, 0.717) is 34.4 Å². The second kappa shape index (κ2) is 12.0. The molecule has 0 spiro atoms. The van der Waals surface area contributed by atoms with Gasteiger partial charge in [-0.1, -0.05) is 68.2 Å². The third-order valence-electron chi connectivity index (χ3n) is 6.26. The van der Waals surface area contributed by atoms with Gasteiger partial charge in [-0.15, -0.1) is 0 Å². The summed E-state index contributed by atoms with van der Waals surface area (Å²) in [6, 6.07) is 14.2. The highest BCUT2D eigenvalue weighted by Crippen LogP contribution is 2.38. The zero-order chi connectivity index (χ0) is 25.6. The predicted molar refractivity (Wildman–Crippen MR) is 143 cm³/mol. The van der Waals surface area contributed by atoms with Gasteiger partial charge in [-0.25, -0.2) is 4.79 Å². The first-order valence-corrected chi connectivity index (χ1v) is 15.5. The van der Waals surface area contributed by atoms with Gasteiger partial charge in [0.15, 0.2) is 8.32 Å². The molecule has 0 saturated heterocycles. The number of carbonyl (C=O) groups excluding carboxylic acids is 1. The molecule has 0 aliphatic rings. The van der Waals surface area contributed by atoms with E-state index in [1.165, 1.54) is 0 Å². The van der Waals surface area contributed by atoms with E-state index < -0.39 is 19.9 Å². The Kier molecular flexibility index (Phi) is 10.2. The van der Waals surface area contributed by atoms with Gasteiger partial charge < -0.3 is 13.9 Å². The van der Waals surface area contributed by atoms with Gasteiger partial charge in [-0.3, -0.25) is 0 Å². The second-order valence-electron chi connectivity index (χ2n) is 10.3. The molecular weight excluding hydrogens is 487 g/mol. The van der Waals surface area contributed by atoms with Crippen LogP contribution in [-0.4, -0.2) is 33.6 Å².